The van der Waals surface area contributed by atoms with Crippen molar-refractivity contribution >= 4 is 81.4 Å². The number of aliphatic hydroxyl groups is 8. The highest BCUT2D eigenvalue weighted by Gasteiger charge is 2.53. The monoisotopic (exact) mass is 1770 g/mol. The molecule has 0 saturated carbocycles. The highest BCUT2D eigenvalue weighted by Crippen LogP contribution is 2.50. The molecule has 7 amide bonds. The maximum atomic E-state index is 16.4. The number of fused-ring (bicyclic) bond motifs is 16. The number of phenols is 3. The van der Waals surface area contributed by atoms with Crippen molar-refractivity contribution in [3.8, 4) is 57.1 Å². The highest BCUT2D eigenvalue weighted by molar-refractivity contribution is 6.32. The number of hydrogen-bond donors (Lipinski definition) is 23. The predicted octanol–water partition coefficient (Wildman–Crippen LogP) is 0.888. The maximum absolute atomic E-state index is 16.4. The van der Waals surface area contributed by atoms with Gasteiger partial charge in [0.1, 0.15) is 120 Å². The van der Waals surface area contributed by atoms with Crippen molar-refractivity contribution < 1.29 is 138 Å². The number of nitrogens with two attached hydrogens (primary N) is 2. The van der Waals surface area contributed by atoms with Gasteiger partial charge >= 0.3 is 5.97 Å². The molecule has 3 saturated heterocycles. The number of benzene rings is 6. The van der Waals surface area contributed by atoms with Crippen LogP contribution in [0.3, 0.4) is 0 Å². The molecule has 6 aromatic carbocycles. The summed E-state index contributed by atoms with van der Waals surface area (Å²) in [6.45, 7) is 5.65. The lowest BCUT2D eigenvalue weighted by Gasteiger charge is -2.46. The minimum Gasteiger partial charge on any atom is -0.508 e. The van der Waals surface area contributed by atoms with Crippen LogP contribution in [0.5, 0.6) is 46.0 Å². The molecule has 0 aliphatic carbocycles. The lowest BCUT2D eigenvalue weighted by molar-refractivity contribution is -0.350. The van der Waals surface area contributed by atoms with Gasteiger partial charge in [-0.2, -0.15) is 0 Å². The van der Waals surface area contributed by atoms with Gasteiger partial charge in [-0.3, -0.25) is 33.6 Å². The van der Waals surface area contributed by atoms with Crippen LogP contribution in [0.1, 0.15) is 118 Å². The van der Waals surface area contributed by atoms with E-state index in [0.717, 1.165) is 83.2 Å². The summed E-state index contributed by atoms with van der Waals surface area (Å²) in [5.74, 6) is -16.6. The summed E-state index contributed by atoms with van der Waals surface area (Å²) >= 11 is 14.5. The summed E-state index contributed by atoms with van der Waals surface area (Å²) in [5, 5.41) is 160. The molecule has 39 nitrogen and oxygen atoms in total. The van der Waals surface area contributed by atoms with E-state index in [-0.39, 0.29) is 49.4 Å². The number of carbonyl (C=O) groups is 8. The third-order valence-corrected chi connectivity index (χ3v) is 22.9. The number of hydrogen-bond acceptors (Lipinski definition) is 30. The third-order valence-electron chi connectivity index (χ3n) is 22.3. The molecule has 668 valence electrons. The molecule has 3 fully saturated rings. The fourth-order valence-corrected chi connectivity index (χ4v) is 16.3. The second-order valence-corrected chi connectivity index (χ2v) is 32.5. The number of phenolic OH excluding ortho intramolecular Hbond substituents is 3. The Morgan fingerprint density at radius 2 is 1.31 bits per heavy atom. The number of aromatic amines is 1. The summed E-state index contributed by atoms with van der Waals surface area (Å²) < 4.78 is 51.2. The average molecular weight is 1770 g/mol. The van der Waals surface area contributed by atoms with Crippen LogP contribution in [0.15, 0.2) is 109 Å². The first-order valence-electron chi connectivity index (χ1n) is 39.3. The molecule has 8 aliphatic rings. The number of H-pyrrole nitrogens is 1. The van der Waals surface area contributed by atoms with E-state index in [1.165, 1.54) is 33.0 Å². The quantitative estimate of drug-likeness (QED) is 0.0471. The van der Waals surface area contributed by atoms with Crippen molar-refractivity contribution in [2.75, 3.05) is 26.7 Å². The highest BCUT2D eigenvalue weighted by atomic mass is 35.5. The Hall–Kier alpha value is -10.6. The number of primary amides is 1. The van der Waals surface area contributed by atoms with Crippen LogP contribution in [-0.2, 0) is 68.5 Å². The molecule has 25 N–H and O–H groups in total. The third kappa shape index (κ3) is 19.7. The van der Waals surface area contributed by atoms with Gasteiger partial charge in [0.15, 0.2) is 30.1 Å². The molecule has 15 rings (SSSR count). The maximum Gasteiger partial charge on any atom is 0.330 e. The first-order chi connectivity index (χ1) is 58.4. The lowest BCUT2D eigenvalue weighted by Crippen LogP contribution is -2.65. The predicted molar refractivity (Wildman–Crippen MR) is 436 cm³/mol. The minimum atomic E-state index is -2.42. The normalized spacial score (nSPS) is 29.9. The number of carbonyl (C=O) groups excluding carboxylic acids is 7. The number of carboxylic acids is 1. The number of aliphatic carboxylic acids is 1. The molecule has 11 bridgehead atoms. The van der Waals surface area contributed by atoms with Gasteiger partial charge in [-0.15, -0.1) is 0 Å². The Kier molecular flexibility index (Phi) is 28.7. The van der Waals surface area contributed by atoms with E-state index < -0.39 is 279 Å². The van der Waals surface area contributed by atoms with E-state index in [4.69, 9.17) is 72.6 Å². The molecule has 1 aromatic heterocycles. The van der Waals surface area contributed by atoms with Crippen LogP contribution in [0.4, 0.5) is 0 Å². The number of aromatic nitrogens is 1. The van der Waals surface area contributed by atoms with Crippen LogP contribution >= 0.6 is 23.2 Å². The summed E-state index contributed by atoms with van der Waals surface area (Å²) in [6.07, 6.45) is -26.5. The van der Waals surface area contributed by atoms with Gasteiger partial charge in [0.05, 0.1) is 41.3 Å². The molecular formula is C83H99Cl2N11O28. The van der Waals surface area contributed by atoms with Crippen molar-refractivity contribution in [3.63, 3.8) is 0 Å². The van der Waals surface area contributed by atoms with Gasteiger partial charge in [0, 0.05) is 58.4 Å². The van der Waals surface area contributed by atoms with Crippen LogP contribution < -0.4 is 68.2 Å². The smallest absolute Gasteiger partial charge is 0.330 e. The van der Waals surface area contributed by atoms with E-state index in [0.29, 0.717) is 13.0 Å². The second-order valence-electron chi connectivity index (χ2n) is 31.7. The lowest BCUT2D eigenvalue weighted by atomic mass is 9.86. The van der Waals surface area contributed by atoms with Crippen LogP contribution in [-0.4, -0.2) is 250 Å². The Labute approximate surface area is 717 Å². The number of para-hydroxylation sites is 1. The first-order valence-corrected chi connectivity index (χ1v) is 40.0. The van der Waals surface area contributed by atoms with Gasteiger partial charge in [0.25, 0.3) is 0 Å². The molecule has 0 spiro atoms. The van der Waals surface area contributed by atoms with Crippen LogP contribution in [0.25, 0.3) is 22.0 Å². The van der Waals surface area contributed by atoms with Gasteiger partial charge in [0.2, 0.25) is 53.4 Å². The second kappa shape index (κ2) is 38.5. The number of likely N-dealkylation sites (N-methyl/N-ethyl adjacent to an activating group) is 1. The summed E-state index contributed by atoms with van der Waals surface area (Å²) in [5.41, 5.74) is 9.90. The molecule has 41 heteroatoms. The van der Waals surface area contributed by atoms with E-state index >= 15 is 24.0 Å². The van der Waals surface area contributed by atoms with E-state index in [1.54, 1.807) is 0 Å². The Bertz CT molecular complexity index is 5160. The molecule has 7 aromatic rings. The zero-order valence-electron chi connectivity index (χ0n) is 66.4. The van der Waals surface area contributed by atoms with Crippen molar-refractivity contribution in [2.45, 2.75) is 201 Å². The van der Waals surface area contributed by atoms with E-state index in [2.05, 4.69) is 47.5 Å². The van der Waals surface area contributed by atoms with Gasteiger partial charge < -0.3 is 158 Å². The fourth-order valence-electron chi connectivity index (χ4n) is 15.8. The van der Waals surface area contributed by atoms with E-state index in [1.807, 2.05) is 44.3 Å². The molecule has 8 aliphatic heterocycles. The molecule has 124 heavy (non-hydrogen) atoms. The van der Waals surface area contributed by atoms with Crippen LogP contribution in [0.2, 0.25) is 10.0 Å². The fraction of sp³-hybridized carbons (Fsp3) is 0.446. The van der Waals surface area contributed by atoms with Crippen molar-refractivity contribution in [2.24, 2.45) is 17.4 Å². The molecule has 9 heterocycles. The van der Waals surface area contributed by atoms with Crippen LogP contribution in [0, 0.1) is 5.92 Å². The first kappa shape index (κ1) is 92.5. The number of aliphatic hydroxyl groups excluding tert-OH is 8. The average Bonchev–Trinajstić information content (AvgIpc) is 1.00. The van der Waals surface area contributed by atoms with Gasteiger partial charge in [-0.1, -0.05) is 80.9 Å². The minimum absolute atomic E-state index is 0. The van der Waals surface area contributed by atoms with Crippen molar-refractivity contribution in [1.29, 1.82) is 0 Å². The summed E-state index contributed by atoms with van der Waals surface area (Å²) in [7, 11) is 1.46. The zero-order chi connectivity index (χ0) is 88.6. The topological polar surface area (TPSA) is 617 Å². The number of aromatic hydroxyl groups is 3. The molecule has 0 radical (unpaired) electrons. The summed E-state index contributed by atoms with van der Waals surface area (Å²) in [6, 6.07) is 6.69. The van der Waals surface area contributed by atoms with Crippen molar-refractivity contribution in [3.05, 3.63) is 153 Å². The SMILES string of the molecule is C.CN[C@H](CC(C)C)C(=O)N[C@H]1C(=O)N[C@@H](CC(N)=O)C(=O)N[C@H]2C(=O)N[C@H]3C(=O)N[C@H](C(=O)N[C@@H](C(=O)O)c4cc(O)cc(O)c4-c4cc3ccc4O)[C@H](OC3C[C@](C)(N)[C@@H](O)[C@H](C)O3)c3ccc(c(Cl)c3)Oc3cc2cc(c3O[C@@H]2O[C@H](CO)[C@@H](O[C@@H]3O[C@H](CNCCc4c[nH]c5ccccc45)[C@H](O)[C@H](O)[C@H]3O)[C@H](O)[C@H]2O)Oc2ccc(cc2Cl)[C@H]1O. The van der Waals surface area contributed by atoms with Gasteiger partial charge in [-0.25, -0.2) is 4.79 Å². The summed E-state index contributed by atoms with van der Waals surface area (Å²) in [4.78, 5) is 123. The number of carboxylic acid groups (broad SMARTS) is 1. The van der Waals surface area contributed by atoms with E-state index in [9.17, 15) is 75.7 Å². The largest absolute Gasteiger partial charge is 0.508 e. The standard InChI is InChI=1S/C82H95Cl2N11O28.CH4/c1-31(2)18-45(87-5)73(108)94-61-63(101)34-11-14-49(42(83)20-34)117-51-22-37-23-52(70(51)122-81-68(106)66(104)71(54(30-96)120-81)123-80-67(105)65(103)64(102)53(119-80)29-88-17-16-36-28-89-44-9-7-6-8-39(36)44)118-50-15-12-35(21-43(50)84)69(121-56-27-82(4,86)72(107)32(3)116-56)62-78(113)93-60(79(114)115)41-24-38(97)25-48(99)57(41)40-19-33(10-13-47(40)98)58(75(110)95-62)92-76(111)59(37)91-74(109)46(26-55(85)100)90-77(61)112;/h6-15,19-25,28,31-32,45-46,53-54,56,58-69,71-72,80-81,87-89,96-99,101-107H,16-18,26-27,29-30,86H2,1-5H3,(H2,85,100)(H,90,112)(H,91,109)(H,92,111)(H,93,113)(H,94,108)(H,95,110)(H,114,115);1H4/t32-,45+,46-,53+,54+,56?,58+,59+,60+,61+,62-,63+,64-,65-,66+,67+,68+,69+,71+,72-,80-,81-,82-;/m0./s1. The zero-order valence-corrected chi connectivity index (χ0v) is 67.9. The number of nitrogens with one attached hydrogen (secondary N) is 9. The Balaban J connectivity index is 0.0000140. The molecular weight excluding hydrogens is 1670 g/mol. The number of amides is 7. The van der Waals surface area contributed by atoms with Gasteiger partial charge in [-0.05, 0) is 135 Å². The molecule has 1 unspecified atom stereocenters. The number of ether oxygens (including phenoxy) is 8. The van der Waals surface area contributed by atoms with Crippen molar-refractivity contribution in [1.82, 2.24) is 47.5 Å². The number of rotatable bonds is 20. The Morgan fingerprint density at radius 3 is 1.97 bits per heavy atom. The Morgan fingerprint density at radius 1 is 0.677 bits per heavy atom. The number of halogens is 2. The molecule has 23 atom stereocenters.